The van der Waals surface area contributed by atoms with Crippen LogP contribution in [0.25, 0.3) is 5.76 Å². The topological polar surface area (TPSA) is 66.8 Å². The molecule has 1 saturated heterocycles. The minimum absolute atomic E-state index is 0.0526. The number of amides is 1. The Kier molecular flexibility index (Phi) is 5.48. The van der Waals surface area contributed by atoms with Crippen LogP contribution in [0.15, 0.2) is 72.3 Å². The molecular weight excluding hydrogens is 416 g/mol. The van der Waals surface area contributed by atoms with Crippen molar-refractivity contribution < 1.29 is 28.2 Å². The first-order valence-electron chi connectivity index (χ1n) is 9.79. The molecule has 1 aliphatic heterocycles. The molecule has 3 aromatic carbocycles. The fourth-order valence-corrected chi connectivity index (χ4v) is 3.90. The van der Waals surface area contributed by atoms with Crippen LogP contribution in [0.1, 0.15) is 22.7 Å². The second kappa shape index (κ2) is 8.26. The smallest absolute Gasteiger partial charge is 0.300 e. The Labute approximate surface area is 183 Å². The van der Waals surface area contributed by atoms with Gasteiger partial charge in [-0.3, -0.25) is 14.5 Å². The largest absolute Gasteiger partial charge is 0.507 e. The molecule has 0 aromatic heterocycles. The number of methoxy groups -OCH3 is 1. The molecule has 1 N–H and O–H groups in total. The molecule has 1 aliphatic rings. The van der Waals surface area contributed by atoms with Crippen molar-refractivity contribution in [3.05, 3.63) is 101 Å². The van der Waals surface area contributed by atoms with Gasteiger partial charge >= 0.3 is 0 Å². The summed E-state index contributed by atoms with van der Waals surface area (Å²) in [5, 5.41) is 11.1. The van der Waals surface area contributed by atoms with Gasteiger partial charge in [-0.25, -0.2) is 8.78 Å². The van der Waals surface area contributed by atoms with Crippen molar-refractivity contribution >= 4 is 23.1 Å². The van der Waals surface area contributed by atoms with Gasteiger partial charge in [0.05, 0.1) is 24.3 Å². The van der Waals surface area contributed by atoms with Gasteiger partial charge in [-0.2, -0.15) is 0 Å². The predicted molar refractivity (Wildman–Crippen MR) is 115 cm³/mol. The number of aliphatic hydroxyl groups excluding tert-OH is 1. The van der Waals surface area contributed by atoms with Crippen molar-refractivity contribution in [2.45, 2.75) is 13.0 Å². The lowest BCUT2D eigenvalue weighted by Crippen LogP contribution is -2.29. The van der Waals surface area contributed by atoms with Crippen LogP contribution in [0, 0.1) is 18.6 Å². The van der Waals surface area contributed by atoms with E-state index in [4.69, 9.17) is 4.74 Å². The van der Waals surface area contributed by atoms with Gasteiger partial charge in [0.25, 0.3) is 11.7 Å². The average Bonchev–Trinajstić information content (AvgIpc) is 3.04. The van der Waals surface area contributed by atoms with Crippen molar-refractivity contribution in [3.63, 3.8) is 0 Å². The van der Waals surface area contributed by atoms with E-state index < -0.39 is 35.1 Å². The summed E-state index contributed by atoms with van der Waals surface area (Å²) in [5.41, 5.74) is 1.38. The number of hydrogen-bond donors (Lipinski definition) is 1. The monoisotopic (exact) mass is 435 g/mol. The molecule has 7 heteroatoms. The second-order valence-corrected chi connectivity index (χ2v) is 7.35. The molecule has 0 radical (unpaired) electrons. The summed E-state index contributed by atoms with van der Waals surface area (Å²) >= 11 is 0. The highest BCUT2D eigenvalue weighted by molar-refractivity contribution is 6.51. The van der Waals surface area contributed by atoms with Crippen molar-refractivity contribution in [2.75, 3.05) is 12.0 Å². The van der Waals surface area contributed by atoms with E-state index in [1.807, 2.05) is 13.0 Å². The first-order chi connectivity index (χ1) is 15.3. The summed E-state index contributed by atoms with van der Waals surface area (Å²) in [4.78, 5) is 27.4. The Morgan fingerprint density at radius 1 is 0.969 bits per heavy atom. The lowest BCUT2D eigenvalue weighted by Gasteiger charge is -2.26. The van der Waals surface area contributed by atoms with Crippen molar-refractivity contribution in [1.82, 2.24) is 0 Å². The summed E-state index contributed by atoms with van der Waals surface area (Å²) in [5.74, 6) is -3.39. The number of anilines is 1. The number of hydrogen-bond acceptors (Lipinski definition) is 4. The Morgan fingerprint density at radius 3 is 2.28 bits per heavy atom. The first-order valence-corrected chi connectivity index (χ1v) is 9.79. The minimum Gasteiger partial charge on any atom is -0.507 e. The van der Waals surface area contributed by atoms with Crippen LogP contribution in [-0.2, 0) is 9.59 Å². The van der Waals surface area contributed by atoms with Gasteiger partial charge in [-0.1, -0.05) is 24.3 Å². The number of benzene rings is 3. The summed E-state index contributed by atoms with van der Waals surface area (Å²) in [6, 6.07) is 14.7. The van der Waals surface area contributed by atoms with Gasteiger partial charge in [-0.15, -0.1) is 0 Å². The first kappa shape index (κ1) is 21.2. The molecule has 1 fully saturated rings. The van der Waals surface area contributed by atoms with E-state index in [1.54, 1.807) is 18.2 Å². The van der Waals surface area contributed by atoms with E-state index in [0.29, 0.717) is 5.56 Å². The molecule has 0 saturated carbocycles. The molecule has 32 heavy (non-hydrogen) atoms. The Balaban J connectivity index is 2.01. The Bertz CT molecular complexity index is 1250. The van der Waals surface area contributed by atoms with E-state index in [1.165, 1.54) is 42.3 Å². The molecule has 1 unspecified atom stereocenters. The second-order valence-electron chi connectivity index (χ2n) is 7.35. The third-order valence-electron chi connectivity index (χ3n) is 5.45. The molecule has 5 nitrogen and oxygen atoms in total. The van der Waals surface area contributed by atoms with Crippen molar-refractivity contribution in [3.8, 4) is 5.75 Å². The third-order valence-corrected chi connectivity index (χ3v) is 5.45. The van der Waals surface area contributed by atoms with E-state index in [0.717, 1.165) is 17.7 Å². The van der Waals surface area contributed by atoms with E-state index in [2.05, 4.69) is 0 Å². The summed E-state index contributed by atoms with van der Waals surface area (Å²) in [6.07, 6.45) is 0. The Morgan fingerprint density at radius 2 is 1.62 bits per heavy atom. The molecule has 1 heterocycles. The standard InChI is InChI=1S/C25H19F2NO4/c1-14-5-3-4-6-18(14)22-21(23(29)19-13-16(27)9-12-20(19)32-2)24(30)25(31)28(22)17-10-7-15(26)8-11-17/h3-13,22,29H,1-2H3/b23-21+. The van der Waals surface area contributed by atoms with Crippen molar-refractivity contribution in [1.29, 1.82) is 0 Å². The minimum atomic E-state index is -1.00. The lowest BCUT2D eigenvalue weighted by atomic mass is 9.92. The fourth-order valence-electron chi connectivity index (χ4n) is 3.90. The number of rotatable bonds is 4. The SMILES string of the molecule is COc1ccc(F)cc1/C(O)=C1\C(=O)C(=O)N(c2ccc(F)cc2)C1c1ccccc1C. The number of nitrogens with zero attached hydrogens (tertiary/aromatic N) is 1. The zero-order chi connectivity index (χ0) is 23.0. The molecule has 1 amide bonds. The molecule has 0 aliphatic carbocycles. The van der Waals surface area contributed by atoms with E-state index >= 15 is 0 Å². The maximum Gasteiger partial charge on any atom is 0.300 e. The number of aryl methyl sites for hydroxylation is 1. The summed E-state index contributed by atoms with van der Waals surface area (Å²) in [7, 11) is 1.35. The average molecular weight is 435 g/mol. The number of carbonyl (C=O) groups is 2. The third kappa shape index (κ3) is 3.51. The number of ether oxygens (including phenoxy) is 1. The van der Waals surface area contributed by atoms with Gasteiger partial charge < -0.3 is 9.84 Å². The summed E-state index contributed by atoms with van der Waals surface area (Å²) in [6.45, 7) is 1.81. The molecule has 162 valence electrons. The van der Waals surface area contributed by atoms with Gasteiger partial charge in [0, 0.05) is 5.69 Å². The fraction of sp³-hybridized carbons (Fsp3) is 0.120. The predicted octanol–water partition coefficient (Wildman–Crippen LogP) is 4.91. The Hall–Kier alpha value is -4.00. The number of ketones is 1. The maximum atomic E-state index is 14.0. The lowest BCUT2D eigenvalue weighted by molar-refractivity contribution is -0.132. The normalized spacial score (nSPS) is 17.6. The molecule has 3 aromatic rings. The van der Waals surface area contributed by atoms with Crippen molar-refractivity contribution in [2.24, 2.45) is 0 Å². The van der Waals surface area contributed by atoms with Crippen LogP contribution in [0.2, 0.25) is 0 Å². The van der Waals surface area contributed by atoms with Gasteiger partial charge in [0.1, 0.15) is 23.1 Å². The van der Waals surface area contributed by atoms with Crippen LogP contribution in [0.4, 0.5) is 14.5 Å². The number of halogens is 2. The zero-order valence-corrected chi connectivity index (χ0v) is 17.3. The van der Waals surface area contributed by atoms with Crippen LogP contribution in [-0.4, -0.2) is 23.9 Å². The highest BCUT2D eigenvalue weighted by Crippen LogP contribution is 2.44. The van der Waals surface area contributed by atoms with Gasteiger partial charge in [0.15, 0.2) is 0 Å². The van der Waals surface area contributed by atoms with Gasteiger partial charge in [0.2, 0.25) is 0 Å². The summed E-state index contributed by atoms with van der Waals surface area (Å²) < 4.78 is 32.7. The maximum absolute atomic E-state index is 14.0. The number of Topliss-reactive ketones (excluding diaryl/α,β-unsaturated/α-hetero) is 1. The number of carbonyl (C=O) groups excluding carboxylic acids is 2. The van der Waals surface area contributed by atoms with E-state index in [-0.39, 0.29) is 22.6 Å². The van der Waals surface area contributed by atoms with Crippen LogP contribution in [0.5, 0.6) is 5.75 Å². The molecule has 1 atom stereocenters. The molecule has 0 spiro atoms. The number of aliphatic hydroxyl groups is 1. The van der Waals surface area contributed by atoms with Crippen LogP contribution in [0.3, 0.4) is 0 Å². The van der Waals surface area contributed by atoms with Gasteiger partial charge in [-0.05, 0) is 60.5 Å². The van der Waals surface area contributed by atoms with Crippen LogP contribution >= 0.6 is 0 Å². The highest BCUT2D eigenvalue weighted by Gasteiger charge is 2.47. The quantitative estimate of drug-likeness (QED) is 0.359. The van der Waals surface area contributed by atoms with E-state index in [9.17, 15) is 23.5 Å². The molecule has 0 bridgehead atoms. The molecule has 4 rings (SSSR count). The van der Waals surface area contributed by atoms with Crippen LogP contribution < -0.4 is 9.64 Å². The molecular formula is C25H19F2NO4. The highest BCUT2D eigenvalue weighted by atomic mass is 19.1. The zero-order valence-electron chi connectivity index (χ0n) is 17.3.